The Morgan fingerprint density at radius 1 is 1.04 bits per heavy atom. The molecule has 0 saturated carbocycles. The number of carbonyl (C=O) groups is 2. The molecule has 0 bridgehead atoms. The highest BCUT2D eigenvalue weighted by Gasteiger charge is 2.27. The number of aliphatic hydroxyl groups excluding tert-OH is 2. The van der Waals surface area contributed by atoms with E-state index in [2.05, 4.69) is 4.74 Å². The van der Waals surface area contributed by atoms with Crippen LogP contribution in [-0.2, 0) is 27.3 Å². The van der Waals surface area contributed by atoms with Gasteiger partial charge >= 0.3 is 11.9 Å². The van der Waals surface area contributed by atoms with E-state index >= 15 is 0 Å². The highest BCUT2D eigenvalue weighted by atomic mass is 16.5. The van der Waals surface area contributed by atoms with Crippen LogP contribution in [-0.4, -0.2) is 42.0 Å². The SMILES string of the molecule is COC(=O)c1cccc(CC[C@H](O)[C@H](CO)C(=O)OCc2ccccc2)c1. The average Bonchev–Trinajstić information content (AvgIpc) is 2.71. The lowest BCUT2D eigenvalue weighted by atomic mass is 9.96. The summed E-state index contributed by atoms with van der Waals surface area (Å²) >= 11 is 0. The lowest BCUT2D eigenvalue weighted by Gasteiger charge is -2.19. The van der Waals surface area contributed by atoms with Crippen LogP contribution < -0.4 is 0 Å². The number of methoxy groups -OCH3 is 1. The van der Waals surface area contributed by atoms with E-state index in [0.29, 0.717) is 12.0 Å². The Hall–Kier alpha value is -2.70. The van der Waals surface area contributed by atoms with Crippen LogP contribution in [0.3, 0.4) is 0 Å². The summed E-state index contributed by atoms with van der Waals surface area (Å²) in [5.41, 5.74) is 2.08. The van der Waals surface area contributed by atoms with Crippen LogP contribution in [0.25, 0.3) is 0 Å². The molecule has 6 nitrogen and oxygen atoms in total. The Labute approximate surface area is 158 Å². The van der Waals surface area contributed by atoms with Gasteiger partial charge in [0, 0.05) is 0 Å². The van der Waals surface area contributed by atoms with Crippen molar-refractivity contribution in [2.45, 2.75) is 25.6 Å². The number of carbonyl (C=O) groups excluding carboxylic acids is 2. The summed E-state index contributed by atoms with van der Waals surface area (Å²) in [6, 6.07) is 16.1. The minimum atomic E-state index is -1.06. The second-order valence-electron chi connectivity index (χ2n) is 6.18. The normalized spacial score (nSPS) is 12.9. The maximum absolute atomic E-state index is 12.2. The molecule has 2 aromatic carbocycles. The van der Waals surface area contributed by atoms with Crippen molar-refractivity contribution in [2.75, 3.05) is 13.7 Å². The summed E-state index contributed by atoms with van der Waals surface area (Å²) in [7, 11) is 1.31. The molecule has 0 aliphatic carbocycles. The fraction of sp³-hybridized carbons (Fsp3) is 0.333. The lowest BCUT2D eigenvalue weighted by molar-refractivity contribution is -0.156. The van der Waals surface area contributed by atoms with E-state index in [1.807, 2.05) is 36.4 Å². The maximum atomic E-state index is 12.2. The van der Waals surface area contributed by atoms with Crippen LogP contribution >= 0.6 is 0 Å². The van der Waals surface area contributed by atoms with Crippen LogP contribution in [0.2, 0.25) is 0 Å². The summed E-state index contributed by atoms with van der Waals surface area (Å²) < 4.78 is 9.88. The second kappa shape index (κ2) is 10.4. The van der Waals surface area contributed by atoms with Crippen molar-refractivity contribution in [3.8, 4) is 0 Å². The molecule has 0 fully saturated rings. The molecule has 0 aromatic heterocycles. The van der Waals surface area contributed by atoms with Gasteiger partial charge in [0.15, 0.2) is 0 Å². The first kappa shape index (κ1) is 20.6. The van der Waals surface area contributed by atoms with E-state index in [0.717, 1.165) is 11.1 Å². The molecule has 0 heterocycles. The van der Waals surface area contributed by atoms with Gasteiger partial charge in [0.1, 0.15) is 12.5 Å². The molecule has 6 heteroatoms. The van der Waals surface area contributed by atoms with Crippen LogP contribution in [0.15, 0.2) is 54.6 Å². The van der Waals surface area contributed by atoms with E-state index in [1.54, 1.807) is 18.2 Å². The molecule has 2 rings (SSSR count). The standard InChI is InChI=1S/C21H24O6/c1-26-20(24)17-9-5-8-15(12-17)10-11-19(23)18(13-22)21(25)27-14-16-6-3-2-4-7-16/h2-9,12,18-19,22-23H,10-11,13-14H2,1H3/t18-,19-/m0/s1. The zero-order valence-corrected chi connectivity index (χ0v) is 15.2. The summed E-state index contributed by atoms with van der Waals surface area (Å²) in [5, 5.41) is 19.8. The molecule has 0 aliphatic heterocycles. The smallest absolute Gasteiger partial charge is 0.337 e. The summed E-state index contributed by atoms with van der Waals surface area (Å²) in [6.45, 7) is -0.416. The highest BCUT2D eigenvalue weighted by molar-refractivity contribution is 5.89. The van der Waals surface area contributed by atoms with Crippen molar-refractivity contribution < 1.29 is 29.3 Å². The number of aliphatic hydroxyl groups is 2. The third-order valence-electron chi connectivity index (χ3n) is 4.26. The van der Waals surface area contributed by atoms with Gasteiger partial charge in [0.25, 0.3) is 0 Å². The zero-order valence-electron chi connectivity index (χ0n) is 15.2. The third-order valence-corrected chi connectivity index (χ3v) is 4.26. The van der Waals surface area contributed by atoms with Crippen molar-refractivity contribution in [1.29, 1.82) is 0 Å². The molecule has 144 valence electrons. The van der Waals surface area contributed by atoms with Crippen LogP contribution in [0.1, 0.15) is 27.9 Å². The molecule has 0 aliphatic rings. The van der Waals surface area contributed by atoms with Gasteiger partial charge in [0.05, 0.1) is 25.4 Å². The average molecular weight is 372 g/mol. The van der Waals surface area contributed by atoms with Gasteiger partial charge in [-0.05, 0) is 36.1 Å². The summed E-state index contributed by atoms with van der Waals surface area (Å²) in [5.74, 6) is -2.09. The summed E-state index contributed by atoms with van der Waals surface area (Å²) in [4.78, 5) is 23.7. The van der Waals surface area contributed by atoms with E-state index in [-0.39, 0.29) is 13.0 Å². The first-order valence-electron chi connectivity index (χ1n) is 8.72. The molecule has 0 amide bonds. The Morgan fingerprint density at radius 2 is 1.74 bits per heavy atom. The van der Waals surface area contributed by atoms with Gasteiger partial charge in [-0.2, -0.15) is 0 Å². The lowest BCUT2D eigenvalue weighted by Crippen LogP contribution is -2.33. The molecule has 2 N–H and O–H groups in total. The minimum Gasteiger partial charge on any atom is -0.465 e. The maximum Gasteiger partial charge on any atom is 0.337 e. The zero-order chi connectivity index (χ0) is 19.6. The molecular weight excluding hydrogens is 348 g/mol. The minimum absolute atomic E-state index is 0.0874. The molecule has 2 aromatic rings. The Bertz CT molecular complexity index is 743. The van der Waals surface area contributed by atoms with Crippen molar-refractivity contribution in [2.24, 2.45) is 5.92 Å². The molecule has 0 spiro atoms. The van der Waals surface area contributed by atoms with E-state index < -0.39 is 30.6 Å². The van der Waals surface area contributed by atoms with Crippen LogP contribution in [0, 0.1) is 5.92 Å². The molecular formula is C21H24O6. The van der Waals surface area contributed by atoms with Gasteiger partial charge in [-0.3, -0.25) is 4.79 Å². The number of aryl methyl sites for hydroxylation is 1. The van der Waals surface area contributed by atoms with Gasteiger partial charge in [-0.1, -0.05) is 42.5 Å². The van der Waals surface area contributed by atoms with Gasteiger partial charge in [-0.25, -0.2) is 4.79 Å². The number of hydrogen-bond acceptors (Lipinski definition) is 6. The van der Waals surface area contributed by atoms with E-state index in [4.69, 9.17) is 4.74 Å². The predicted molar refractivity (Wildman–Crippen MR) is 98.9 cm³/mol. The Morgan fingerprint density at radius 3 is 2.41 bits per heavy atom. The fourth-order valence-electron chi connectivity index (χ4n) is 2.68. The van der Waals surface area contributed by atoms with Crippen molar-refractivity contribution in [3.05, 3.63) is 71.3 Å². The highest BCUT2D eigenvalue weighted by Crippen LogP contribution is 2.16. The largest absolute Gasteiger partial charge is 0.465 e. The molecule has 27 heavy (non-hydrogen) atoms. The Balaban J connectivity index is 1.89. The van der Waals surface area contributed by atoms with Crippen molar-refractivity contribution in [1.82, 2.24) is 0 Å². The van der Waals surface area contributed by atoms with Crippen molar-refractivity contribution in [3.63, 3.8) is 0 Å². The fourth-order valence-corrected chi connectivity index (χ4v) is 2.68. The number of rotatable bonds is 9. The third kappa shape index (κ3) is 6.20. The van der Waals surface area contributed by atoms with Gasteiger partial charge in [-0.15, -0.1) is 0 Å². The molecule has 0 radical (unpaired) electrons. The predicted octanol–water partition coefficient (Wildman–Crippen LogP) is 2.12. The topological polar surface area (TPSA) is 93.1 Å². The monoisotopic (exact) mass is 372 g/mol. The van der Waals surface area contributed by atoms with Crippen LogP contribution in [0.4, 0.5) is 0 Å². The first-order chi connectivity index (χ1) is 13.0. The van der Waals surface area contributed by atoms with Gasteiger partial charge < -0.3 is 19.7 Å². The Kier molecular flexibility index (Phi) is 7.98. The van der Waals surface area contributed by atoms with E-state index in [9.17, 15) is 19.8 Å². The number of esters is 2. The number of hydrogen-bond donors (Lipinski definition) is 2. The molecule has 2 atom stereocenters. The number of ether oxygens (including phenoxy) is 2. The number of benzene rings is 2. The van der Waals surface area contributed by atoms with Crippen molar-refractivity contribution >= 4 is 11.9 Å². The molecule has 0 unspecified atom stereocenters. The van der Waals surface area contributed by atoms with E-state index in [1.165, 1.54) is 7.11 Å². The van der Waals surface area contributed by atoms with Crippen LogP contribution in [0.5, 0.6) is 0 Å². The first-order valence-corrected chi connectivity index (χ1v) is 8.72. The quantitative estimate of drug-likeness (QED) is 0.655. The second-order valence-corrected chi connectivity index (χ2v) is 6.18. The molecule has 0 saturated heterocycles. The summed E-state index contributed by atoms with van der Waals surface area (Å²) in [6.07, 6.45) is -0.370. The van der Waals surface area contributed by atoms with Gasteiger partial charge in [0.2, 0.25) is 0 Å².